The van der Waals surface area contributed by atoms with Gasteiger partial charge >= 0.3 is 0 Å². The molecule has 0 spiro atoms. The first-order chi connectivity index (χ1) is 21.6. The van der Waals surface area contributed by atoms with Gasteiger partial charge in [0.05, 0.1) is 0 Å². The van der Waals surface area contributed by atoms with Crippen LogP contribution >= 0.6 is 0 Å². The zero-order valence-electron chi connectivity index (χ0n) is 24.4. The highest BCUT2D eigenvalue weighted by molar-refractivity contribution is 6.01. The second kappa shape index (κ2) is 16.2. The highest BCUT2D eigenvalue weighted by Gasteiger charge is 2.18. The molecular formula is C40H33FO4. The molecule has 0 saturated carbocycles. The Morgan fingerprint density at radius 1 is 0.533 bits per heavy atom. The van der Waals surface area contributed by atoms with Gasteiger partial charge in [0.1, 0.15) is 23.2 Å². The van der Waals surface area contributed by atoms with Crippen LogP contribution in [-0.4, -0.2) is 16.0 Å². The SMILES string of the molecule is F.O=C(c1ccccc1)C(O)c1ccccc1.Oc1ccccc1.c1ccc(-c2oc3ccccc3c2-c2ccccc2)cc1. The van der Waals surface area contributed by atoms with Gasteiger partial charge in [-0.1, -0.05) is 158 Å². The summed E-state index contributed by atoms with van der Waals surface area (Å²) in [6, 6.07) is 55.4. The van der Waals surface area contributed by atoms with E-state index in [1.807, 2.05) is 54.6 Å². The van der Waals surface area contributed by atoms with Crippen molar-refractivity contribution in [3.63, 3.8) is 0 Å². The molecule has 1 aromatic heterocycles. The standard InChI is InChI=1S/C20H14O.C14H12O2.C6H6O.FH/c1-3-9-15(10-4-1)19-17-13-7-8-14-18(17)21-20(19)16-11-5-2-6-12-16;15-13(11-7-3-1-4-8-11)14(16)12-9-5-2-6-10-12;7-6-4-2-1-3-5-6;/h1-14H;1-10,13,15H;1-5,7H;1H. The maximum Gasteiger partial charge on any atom is 0.195 e. The molecule has 6 aromatic carbocycles. The second-order valence-electron chi connectivity index (χ2n) is 9.91. The lowest BCUT2D eigenvalue weighted by atomic mass is 9.99. The van der Waals surface area contributed by atoms with Crippen LogP contribution in [0.3, 0.4) is 0 Å². The third kappa shape index (κ3) is 8.41. The lowest BCUT2D eigenvalue weighted by Crippen LogP contribution is -2.11. The van der Waals surface area contributed by atoms with E-state index in [0.29, 0.717) is 16.9 Å². The van der Waals surface area contributed by atoms with Gasteiger partial charge in [-0.3, -0.25) is 9.50 Å². The molecule has 2 N–H and O–H groups in total. The van der Waals surface area contributed by atoms with Gasteiger partial charge < -0.3 is 14.6 Å². The quantitative estimate of drug-likeness (QED) is 0.194. The number of aliphatic hydroxyl groups excluding tert-OH is 1. The van der Waals surface area contributed by atoms with Gasteiger partial charge in [-0.2, -0.15) is 0 Å². The summed E-state index contributed by atoms with van der Waals surface area (Å²) in [4.78, 5) is 11.9. The summed E-state index contributed by atoms with van der Waals surface area (Å²) in [6.07, 6.45) is -1.08. The first kappa shape index (κ1) is 32.1. The molecule has 7 aromatic rings. The van der Waals surface area contributed by atoms with E-state index >= 15 is 0 Å². The summed E-state index contributed by atoms with van der Waals surface area (Å²) in [5, 5.41) is 19.7. The van der Waals surface area contributed by atoms with E-state index in [9.17, 15) is 9.90 Å². The van der Waals surface area contributed by atoms with Crippen molar-refractivity contribution < 1.29 is 24.1 Å². The highest BCUT2D eigenvalue weighted by Crippen LogP contribution is 2.40. The van der Waals surface area contributed by atoms with Crippen LogP contribution in [0.5, 0.6) is 5.75 Å². The van der Waals surface area contributed by atoms with E-state index in [0.717, 1.165) is 27.9 Å². The van der Waals surface area contributed by atoms with E-state index in [4.69, 9.17) is 9.52 Å². The van der Waals surface area contributed by atoms with Gasteiger partial charge in [-0.15, -0.1) is 0 Å². The summed E-state index contributed by atoms with van der Waals surface area (Å²) in [5.74, 6) is 0.984. The van der Waals surface area contributed by atoms with Gasteiger partial charge in [-0.05, 0) is 29.3 Å². The number of phenolic OH excluding ortho intramolecular Hbond substituents is 1. The van der Waals surface area contributed by atoms with E-state index in [1.54, 1.807) is 72.8 Å². The van der Waals surface area contributed by atoms with Crippen molar-refractivity contribution in [2.75, 3.05) is 0 Å². The van der Waals surface area contributed by atoms with Crippen LogP contribution in [0.2, 0.25) is 0 Å². The van der Waals surface area contributed by atoms with Crippen molar-refractivity contribution in [1.29, 1.82) is 0 Å². The third-order valence-corrected chi connectivity index (χ3v) is 6.87. The van der Waals surface area contributed by atoms with E-state index < -0.39 is 6.10 Å². The number of para-hydroxylation sites is 2. The first-order valence-corrected chi connectivity index (χ1v) is 14.3. The summed E-state index contributed by atoms with van der Waals surface area (Å²) in [6.45, 7) is 0. The Morgan fingerprint density at radius 2 is 0.978 bits per heavy atom. The van der Waals surface area contributed by atoms with Crippen LogP contribution in [0.1, 0.15) is 22.0 Å². The topological polar surface area (TPSA) is 70.7 Å². The molecule has 45 heavy (non-hydrogen) atoms. The molecule has 5 heteroatoms. The first-order valence-electron chi connectivity index (χ1n) is 14.3. The number of ketones is 1. The Hall–Kier alpha value is -5.78. The maximum atomic E-state index is 11.9. The molecule has 0 aliphatic rings. The van der Waals surface area contributed by atoms with Crippen molar-refractivity contribution in [2.45, 2.75) is 6.10 Å². The number of fused-ring (bicyclic) bond motifs is 1. The zero-order chi connectivity index (χ0) is 30.6. The molecule has 0 aliphatic heterocycles. The predicted octanol–water partition coefficient (Wildman–Crippen LogP) is 9.91. The number of phenols is 1. The molecule has 1 heterocycles. The minimum Gasteiger partial charge on any atom is -0.508 e. The normalized spacial score (nSPS) is 10.7. The number of aliphatic hydroxyl groups is 1. The second-order valence-corrected chi connectivity index (χ2v) is 9.91. The Balaban J connectivity index is 0.000000170. The van der Waals surface area contributed by atoms with Crippen molar-refractivity contribution in [3.8, 4) is 28.2 Å². The number of furan rings is 1. The van der Waals surface area contributed by atoms with Gasteiger partial charge in [0.15, 0.2) is 5.78 Å². The third-order valence-electron chi connectivity index (χ3n) is 6.87. The zero-order valence-corrected chi connectivity index (χ0v) is 24.4. The largest absolute Gasteiger partial charge is 0.508 e. The lowest BCUT2D eigenvalue weighted by molar-refractivity contribution is 0.0747. The Labute approximate surface area is 261 Å². The van der Waals surface area contributed by atoms with E-state index in [1.165, 1.54) is 5.56 Å². The van der Waals surface area contributed by atoms with Gasteiger partial charge in [0, 0.05) is 22.1 Å². The molecule has 0 aliphatic carbocycles. The van der Waals surface area contributed by atoms with Crippen LogP contribution in [0.4, 0.5) is 4.70 Å². The molecule has 4 nitrogen and oxygen atoms in total. The number of carbonyl (C=O) groups is 1. The summed E-state index contributed by atoms with van der Waals surface area (Å²) in [7, 11) is 0. The molecule has 1 atom stereocenters. The lowest BCUT2D eigenvalue weighted by Gasteiger charge is -2.09. The Bertz CT molecular complexity index is 1870. The van der Waals surface area contributed by atoms with Crippen molar-refractivity contribution in [1.82, 2.24) is 0 Å². The van der Waals surface area contributed by atoms with Crippen LogP contribution in [0, 0.1) is 0 Å². The predicted molar refractivity (Wildman–Crippen MR) is 180 cm³/mol. The van der Waals surface area contributed by atoms with Crippen molar-refractivity contribution >= 4 is 16.8 Å². The summed E-state index contributed by atoms with van der Waals surface area (Å²) >= 11 is 0. The number of halogens is 1. The van der Waals surface area contributed by atoms with E-state index in [-0.39, 0.29) is 10.5 Å². The highest BCUT2D eigenvalue weighted by atomic mass is 19.0. The Kier molecular flexibility index (Phi) is 11.6. The molecule has 0 bridgehead atoms. The fourth-order valence-corrected chi connectivity index (χ4v) is 4.70. The molecule has 224 valence electrons. The molecule has 7 rings (SSSR count). The molecule has 1 unspecified atom stereocenters. The molecule has 0 saturated heterocycles. The molecular weight excluding hydrogens is 563 g/mol. The smallest absolute Gasteiger partial charge is 0.195 e. The molecule has 0 amide bonds. The van der Waals surface area contributed by atoms with Gasteiger partial charge in [0.2, 0.25) is 0 Å². The minimum atomic E-state index is -1.08. The van der Waals surface area contributed by atoms with Crippen molar-refractivity contribution in [2.24, 2.45) is 0 Å². The van der Waals surface area contributed by atoms with Crippen LogP contribution < -0.4 is 0 Å². The van der Waals surface area contributed by atoms with Gasteiger partial charge in [0.25, 0.3) is 0 Å². The summed E-state index contributed by atoms with van der Waals surface area (Å²) in [5.41, 5.74) is 5.52. The monoisotopic (exact) mass is 596 g/mol. The number of carbonyl (C=O) groups excluding carboxylic acids is 1. The average Bonchev–Trinajstić information content (AvgIpc) is 3.50. The number of benzene rings is 6. The van der Waals surface area contributed by atoms with Crippen LogP contribution in [0.25, 0.3) is 33.4 Å². The van der Waals surface area contributed by atoms with Crippen LogP contribution in [-0.2, 0) is 0 Å². The number of hydrogen-bond acceptors (Lipinski definition) is 4. The number of aromatic hydroxyl groups is 1. The number of rotatable bonds is 5. The number of hydrogen-bond donors (Lipinski definition) is 2. The minimum absolute atomic E-state index is 0. The molecule has 0 radical (unpaired) electrons. The van der Waals surface area contributed by atoms with Crippen LogP contribution in [0.15, 0.2) is 180 Å². The Morgan fingerprint density at radius 3 is 1.51 bits per heavy atom. The van der Waals surface area contributed by atoms with Gasteiger partial charge in [-0.25, -0.2) is 0 Å². The number of Topliss-reactive ketones (excluding diaryl/α,β-unsaturated/α-hetero) is 1. The fourth-order valence-electron chi connectivity index (χ4n) is 4.70. The summed E-state index contributed by atoms with van der Waals surface area (Å²) < 4.78 is 6.14. The maximum absolute atomic E-state index is 11.9. The average molecular weight is 597 g/mol. The molecule has 0 fully saturated rings. The fraction of sp³-hybridized carbons (Fsp3) is 0.0250. The van der Waals surface area contributed by atoms with E-state index in [2.05, 4.69) is 48.5 Å². The van der Waals surface area contributed by atoms with Crippen molar-refractivity contribution in [3.05, 3.63) is 187 Å².